The number of nitrogens with one attached hydrogen (secondary N) is 2. The molecule has 0 aliphatic carbocycles. The number of rotatable bonds is 8. The molecule has 1 atom stereocenters. The van der Waals surface area contributed by atoms with Gasteiger partial charge in [-0.1, -0.05) is 19.8 Å². The Hall–Kier alpha value is -1.85. The number of aromatic nitrogens is 1. The van der Waals surface area contributed by atoms with E-state index in [4.69, 9.17) is 0 Å². The normalized spacial score (nSPS) is 11.9. The van der Waals surface area contributed by atoms with Crippen molar-refractivity contribution in [2.75, 3.05) is 17.2 Å². The summed E-state index contributed by atoms with van der Waals surface area (Å²) in [6.45, 7) is 6.83. The molecule has 1 rings (SSSR count). The molecule has 6 nitrogen and oxygen atoms in total. The molecule has 106 valence electrons. The Balaban J connectivity index is 2.87. The van der Waals surface area contributed by atoms with Crippen molar-refractivity contribution in [3.8, 4) is 0 Å². The Bertz CT molecular complexity index is 423. The van der Waals surface area contributed by atoms with Gasteiger partial charge in [0.1, 0.15) is 5.82 Å². The second-order valence-corrected chi connectivity index (χ2v) is 4.54. The van der Waals surface area contributed by atoms with Crippen molar-refractivity contribution in [3.63, 3.8) is 0 Å². The maximum Gasteiger partial charge on any atom is 0.311 e. The Labute approximate surface area is 113 Å². The summed E-state index contributed by atoms with van der Waals surface area (Å²) >= 11 is 0. The molecule has 0 aliphatic rings. The van der Waals surface area contributed by atoms with E-state index in [2.05, 4.69) is 22.5 Å². The smallest absolute Gasteiger partial charge is 0.311 e. The maximum atomic E-state index is 11.0. The van der Waals surface area contributed by atoms with Gasteiger partial charge in [-0.05, 0) is 26.3 Å². The third kappa shape index (κ3) is 4.73. The molecule has 0 saturated carbocycles. The molecule has 2 N–H and O–H groups in total. The average molecular weight is 266 g/mol. The Morgan fingerprint density at radius 1 is 1.42 bits per heavy atom. The molecular weight excluding hydrogens is 244 g/mol. The number of nitro groups is 1. The monoisotopic (exact) mass is 266 g/mol. The van der Waals surface area contributed by atoms with Crippen LogP contribution in [0.3, 0.4) is 0 Å². The molecule has 1 aromatic rings. The lowest BCUT2D eigenvalue weighted by Gasteiger charge is -2.15. The second kappa shape index (κ2) is 7.56. The highest BCUT2D eigenvalue weighted by Crippen LogP contribution is 2.25. The van der Waals surface area contributed by atoms with E-state index in [9.17, 15) is 10.1 Å². The zero-order valence-electron chi connectivity index (χ0n) is 11.8. The molecule has 1 aromatic heterocycles. The third-order valence-corrected chi connectivity index (χ3v) is 2.80. The molecule has 0 bridgehead atoms. The quantitative estimate of drug-likeness (QED) is 0.556. The fourth-order valence-electron chi connectivity index (χ4n) is 1.80. The van der Waals surface area contributed by atoms with Crippen molar-refractivity contribution in [1.29, 1.82) is 0 Å². The zero-order chi connectivity index (χ0) is 14.3. The molecular formula is C13H22N4O2. The summed E-state index contributed by atoms with van der Waals surface area (Å²) in [6, 6.07) is 3.28. The molecule has 6 heteroatoms. The van der Waals surface area contributed by atoms with E-state index in [-0.39, 0.29) is 11.7 Å². The SMILES string of the molecule is CCCCC(C)Nc1nc(NCC)ccc1[N+](=O)[O-]. The lowest BCUT2D eigenvalue weighted by atomic mass is 10.1. The first-order valence-corrected chi connectivity index (χ1v) is 6.74. The van der Waals surface area contributed by atoms with Gasteiger partial charge in [-0.2, -0.15) is 0 Å². The molecule has 1 heterocycles. The summed E-state index contributed by atoms with van der Waals surface area (Å²) in [5.74, 6) is 0.991. The van der Waals surface area contributed by atoms with Crippen LogP contribution in [0.15, 0.2) is 12.1 Å². The van der Waals surface area contributed by atoms with E-state index < -0.39 is 4.92 Å². The van der Waals surface area contributed by atoms with Crippen molar-refractivity contribution < 1.29 is 4.92 Å². The highest BCUT2D eigenvalue weighted by atomic mass is 16.6. The van der Waals surface area contributed by atoms with Crippen molar-refractivity contribution in [3.05, 3.63) is 22.2 Å². The van der Waals surface area contributed by atoms with Gasteiger partial charge in [-0.3, -0.25) is 10.1 Å². The van der Waals surface area contributed by atoms with E-state index in [1.165, 1.54) is 6.07 Å². The lowest BCUT2D eigenvalue weighted by Crippen LogP contribution is -2.17. The van der Waals surface area contributed by atoms with Gasteiger partial charge in [0.05, 0.1) is 4.92 Å². The van der Waals surface area contributed by atoms with Gasteiger partial charge >= 0.3 is 5.69 Å². The fourth-order valence-corrected chi connectivity index (χ4v) is 1.80. The van der Waals surface area contributed by atoms with Gasteiger partial charge in [-0.25, -0.2) is 4.98 Å². The minimum Gasteiger partial charge on any atom is -0.370 e. The molecule has 0 amide bonds. The van der Waals surface area contributed by atoms with Crippen LogP contribution in [-0.2, 0) is 0 Å². The number of pyridine rings is 1. The van der Waals surface area contributed by atoms with Crippen LogP contribution >= 0.6 is 0 Å². The summed E-state index contributed by atoms with van der Waals surface area (Å²) in [6.07, 6.45) is 3.18. The fraction of sp³-hybridized carbons (Fsp3) is 0.615. The molecule has 19 heavy (non-hydrogen) atoms. The average Bonchev–Trinajstić information content (AvgIpc) is 2.36. The standard InChI is InChI=1S/C13H22N4O2/c1-4-6-7-10(3)15-13-11(17(18)19)8-9-12(16-13)14-5-2/h8-10H,4-7H2,1-3H3,(H2,14,15,16). The Kier molecular flexibility index (Phi) is 6.05. The number of anilines is 2. The third-order valence-electron chi connectivity index (χ3n) is 2.80. The van der Waals surface area contributed by atoms with Crippen molar-refractivity contribution in [1.82, 2.24) is 4.98 Å². The van der Waals surface area contributed by atoms with Crippen LogP contribution in [0, 0.1) is 10.1 Å². The first-order chi connectivity index (χ1) is 9.08. The lowest BCUT2D eigenvalue weighted by molar-refractivity contribution is -0.384. The van der Waals surface area contributed by atoms with Crippen LogP contribution in [0.2, 0.25) is 0 Å². The molecule has 0 radical (unpaired) electrons. The number of nitrogens with zero attached hydrogens (tertiary/aromatic N) is 2. The summed E-state index contributed by atoms with van der Waals surface area (Å²) < 4.78 is 0. The highest BCUT2D eigenvalue weighted by molar-refractivity contribution is 5.60. The van der Waals surface area contributed by atoms with Crippen LogP contribution in [0.1, 0.15) is 40.0 Å². The minimum absolute atomic E-state index is 0.0185. The predicted octanol–water partition coefficient (Wildman–Crippen LogP) is 3.41. The van der Waals surface area contributed by atoms with Gasteiger partial charge < -0.3 is 10.6 Å². The number of unbranched alkanes of at least 4 members (excludes halogenated alkanes) is 1. The zero-order valence-corrected chi connectivity index (χ0v) is 11.8. The van der Waals surface area contributed by atoms with Crippen LogP contribution in [-0.4, -0.2) is 22.5 Å². The van der Waals surface area contributed by atoms with E-state index in [1.54, 1.807) is 6.07 Å². The van der Waals surface area contributed by atoms with Gasteiger partial charge in [0.25, 0.3) is 0 Å². The predicted molar refractivity (Wildman–Crippen MR) is 77.7 cm³/mol. The van der Waals surface area contributed by atoms with Crippen molar-refractivity contribution >= 4 is 17.3 Å². The first-order valence-electron chi connectivity index (χ1n) is 6.74. The van der Waals surface area contributed by atoms with Gasteiger partial charge in [0.15, 0.2) is 0 Å². The molecule has 0 aliphatic heterocycles. The Morgan fingerprint density at radius 3 is 2.74 bits per heavy atom. The summed E-state index contributed by atoms with van der Waals surface area (Å²) in [4.78, 5) is 14.9. The largest absolute Gasteiger partial charge is 0.370 e. The van der Waals surface area contributed by atoms with Crippen molar-refractivity contribution in [2.24, 2.45) is 0 Å². The van der Waals surface area contributed by atoms with Crippen LogP contribution in [0.4, 0.5) is 17.3 Å². The number of hydrogen-bond acceptors (Lipinski definition) is 5. The highest BCUT2D eigenvalue weighted by Gasteiger charge is 2.17. The van der Waals surface area contributed by atoms with Crippen LogP contribution in [0.25, 0.3) is 0 Å². The molecule has 0 saturated heterocycles. The molecule has 0 spiro atoms. The Morgan fingerprint density at radius 2 is 2.16 bits per heavy atom. The van der Waals surface area contributed by atoms with E-state index in [0.717, 1.165) is 25.8 Å². The van der Waals surface area contributed by atoms with E-state index in [0.29, 0.717) is 11.6 Å². The first kappa shape index (κ1) is 15.2. The van der Waals surface area contributed by atoms with Gasteiger partial charge in [-0.15, -0.1) is 0 Å². The number of hydrogen-bond donors (Lipinski definition) is 2. The molecule has 0 fully saturated rings. The van der Waals surface area contributed by atoms with Crippen LogP contribution in [0.5, 0.6) is 0 Å². The van der Waals surface area contributed by atoms with Gasteiger partial charge in [0.2, 0.25) is 5.82 Å². The van der Waals surface area contributed by atoms with Crippen molar-refractivity contribution in [2.45, 2.75) is 46.1 Å². The second-order valence-electron chi connectivity index (χ2n) is 4.54. The summed E-state index contributed by atoms with van der Waals surface area (Å²) in [5.41, 5.74) is 0.0185. The summed E-state index contributed by atoms with van der Waals surface area (Å²) in [7, 11) is 0. The van der Waals surface area contributed by atoms with E-state index in [1.807, 2.05) is 13.8 Å². The topological polar surface area (TPSA) is 80.1 Å². The van der Waals surface area contributed by atoms with Crippen LogP contribution < -0.4 is 10.6 Å². The van der Waals surface area contributed by atoms with Gasteiger partial charge in [0, 0.05) is 18.7 Å². The van der Waals surface area contributed by atoms with E-state index >= 15 is 0 Å². The summed E-state index contributed by atoms with van der Waals surface area (Å²) in [5, 5.41) is 17.2. The maximum absolute atomic E-state index is 11.0. The minimum atomic E-state index is -0.405. The molecule has 0 aromatic carbocycles. The molecule has 1 unspecified atom stereocenters.